The van der Waals surface area contributed by atoms with Crippen LogP contribution in [-0.2, 0) is 4.74 Å². The van der Waals surface area contributed by atoms with Crippen LogP contribution in [0.25, 0.3) is 0 Å². The first kappa shape index (κ1) is 12.2. The van der Waals surface area contributed by atoms with E-state index in [1.165, 1.54) is 0 Å². The predicted molar refractivity (Wildman–Crippen MR) is 68.1 cm³/mol. The summed E-state index contributed by atoms with van der Waals surface area (Å²) in [4.78, 5) is 0. The third-order valence-electron chi connectivity index (χ3n) is 3.01. The van der Waals surface area contributed by atoms with E-state index in [9.17, 15) is 5.26 Å². The number of hydrogen-bond acceptors (Lipinski definition) is 3. The van der Waals surface area contributed by atoms with Crippen molar-refractivity contribution in [3.63, 3.8) is 0 Å². The third kappa shape index (κ3) is 2.91. The lowest BCUT2D eigenvalue weighted by atomic mass is 9.88. The molecule has 4 heteroatoms. The lowest BCUT2D eigenvalue weighted by Crippen LogP contribution is -2.45. The van der Waals surface area contributed by atoms with Crippen LogP contribution in [0.4, 0.5) is 5.69 Å². The Morgan fingerprint density at radius 3 is 2.76 bits per heavy atom. The smallest absolute Gasteiger partial charge is 0.130 e. The van der Waals surface area contributed by atoms with Gasteiger partial charge in [0.05, 0.1) is 18.8 Å². The van der Waals surface area contributed by atoms with E-state index in [0.717, 1.165) is 5.69 Å². The van der Waals surface area contributed by atoms with E-state index >= 15 is 0 Å². The first-order chi connectivity index (χ1) is 8.13. The van der Waals surface area contributed by atoms with Gasteiger partial charge in [-0.3, -0.25) is 0 Å². The maximum absolute atomic E-state index is 9.38. The molecule has 1 heterocycles. The SMILES string of the molecule is CC1CC(C#N)(Nc2ccc(Cl)cc2)CCO1. The number of ether oxygens (including phenoxy) is 1. The molecule has 0 aromatic heterocycles. The van der Waals surface area contributed by atoms with E-state index in [0.29, 0.717) is 24.5 Å². The van der Waals surface area contributed by atoms with E-state index in [1.54, 1.807) is 0 Å². The molecule has 0 aliphatic carbocycles. The fraction of sp³-hybridized carbons (Fsp3) is 0.462. The van der Waals surface area contributed by atoms with Gasteiger partial charge in [0.25, 0.3) is 0 Å². The molecule has 1 aliphatic heterocycles. The maximum Gasteiger partial charge on any atom is 0.130 e. The average Bonchev–Trinajstić information content (AvgIpc) is 2.32. The summed E-state index contributed by atoms with van der Waals surface area (Å²) in [7, 11) is 0. The molecule has 0 saturated carbocycles. The zero-order valence-corrected chi connectivity index (χ0v) is 10.5. The second-order valence-electron chi connectivity index (χ2n) is 4.46. The molecule has 2 rings (SSSR count). The van der Waals surface area contributed by atoms with Crippen LogP contribution in [0.1, 0.15) is 19.8 Å². The number of nitrogens with one attached hydrogen (secondary N) is 1. The Kier molecular flexibility index (Phi) is 3.56. The molecule has 0 bridgehead atoms. The predicted octanol–water partition coefficient (Wildman–Crippen LogP) is 3.21. The quantitative estimate of drug-likeness (QED) is 0.877. The molecule has 3 nitrogen and oxygen atoms in total. The van der Waals surface area contributed by atoms with E-state index < -0.39 is 5.54 Å². The average molecular weight is 251 g/mol. The molecular formula is C13H15ClN2O. The van der Waals surface area contributed by atoms with Crippen LogP contribution < -0.4 is 5.32 Å². The Morgan fingerprint density at radius 1 is 1.47 bits per heavy atom. The normalized spacial score (nSPS) is 28.4. The minimum Gasteiger partial charge on any atom is -0.378 e. The maximum atomic E-state index is 9.38. The standard InChI is InChI=1S/C13H15ClN2O/c1-10-8-13(9-15,6-7-17-10)16-12-4-2-11(14)3-5-12/h2-5,10,16H,6-8H2,1H3. The molecule has 0 spiro atoms. The van der Waals surface area contributed by atoms with Gasteiger partial charge in [0.2, 0.25) is 0 Å². The highest BCUT2D eigenvalue weighted by atomic mass is 35.5. The van der Waals surface area contributed by atoms with Crippen LogP contribution in [0.3, 0.4) is 0 Å². The summed E-state index contributed by atoms with van der Waals surface area (Å²) in [5, 5.41) is 13.4. The van der Waals surface area contributed by atoms with Crippen LogP contribution in [0.5, 0.6) is 0 Å². The summed E-state index contributed by atoms with van der Waals surface area (Å²) in [5.41, 5.74) is 0.399. The Labute approximate surface area is 106 Å². The molecule has 90 valence electrons. The van der Waals surface area contributed by atoms with Gasteiger partial charge in [0, 0.05) is 23.6 Å². The zero-order chi connectivity index (χ0) is 12.3. The summed E-state index contributed by atoms with van der Waals surface area (Å²) in [6.45, 7) is 2.62. The monoisotopic (exact) mass is 250 g/mol. The first-order valence-corrected chi connectivity index (χ1v) is 6.08. The molecule has 1 N–H and O–H groups in total. The Morgan fingerprint density at radius 2 is 2.18 bits per heavy atom. The van der Waals surface area contributed by atoms with Crippen molar-refractivity contribution >= 4 is 17.3 Å². The summed E-state index contributed by atoms with van der Waals surface area (Å²) in [6, 6.07) is 9.80. The second kappa shape index (κ2) is 4.95. The van der Waals surface area contributed by atoms with Gasteiger partial charge in [-0.05, 0) is 31.2 Å². The minimum absolute atomic E-state index is 0.114. The number of benzene rings is 1. The van der Waals surface area contributed by atoms with Gasteiger partial charge in [-0.25, -0.2) is 0 Å². The Hall–Kier alpha value is -1.24. The van der Waals surface area contributed by atoms with Gasteiger partial charge in [0.15, 0.2) is 0 Å². The first-order valence-electron chi connectivity index (χ1n) is 5.70. The largest absolute Gasteiger partial charge is 0.378 e. The van der Waals surface area contributed by atoms with Crippen molar-refractivity contribution in [3.8, 4) is 6.07 Å². The minimum atomic E-state index is -0.522. The molecular weight excluding hydrogens is 236 g/mol. The molecule has 17 heavy (non-hydrogen) atoms. The fourth-order valence-corrected chi connectivity index (χ4v) is 2.26. The van der Waals surface area contributed by atoms with Gasteiger partial charge < -0.3 is 10.1 Å². The van der Waals surface area contributed by atoms with Crippen LogP contribution in [0.15, 0.2) is 24.3 Å². The van der Waals surface area contributed by atoms with Gasteiger partial charge in [0.1, 0.15) is 5.54 Å². The molecule has 1 aromatic rings. The third-order valence-corrected chi connectivity index (χ3v) is 3.26. The summed E-state index contributed by atoms with van der Waals surface area (Å²) < 4.78 is 5.48. The lowest BCUT2D eigenvalue weighted by molar-refractivity contribution is 0.0103. The van der Waals surface area contributed by atoms with Crippen molar-refractivity contribution < 1.29 is 4.74 Å². The van der Waals surface area contributed by atoms with Crippen molar-refractivity contribution in [3.05, 3.63) is 29.3 Å². The van der Waals surface area contributed by atoms with Crippen molar-refractivity contribution in [2.75, 3.05) is 11.9 Å². The number of nitrogens with zero attached hydrogens (tertiary/aromatic N) is 1. The molecule has 0 radical (unpaired) electrons. The number of rotatable bonds is 2. The molecule has 1 aromatic carbocycles. The van der Waals surface area contributed by atoms with Gasteiger partial charge in [-0.1, -0.05) is 11.6 Å². The van der Waals surface area contributed by atoms with E-state index in [2.05, 4.69) is 11.4 Å². The van der Waals surface area contributed by atoms with Crippen LogP contribution in [-0.4, -0.2) is 18.2 Å². The Bertz CT molecular complexity index is 426. The molecule has 1 aliphatic rings. The van der Waals surface area contributed by atoms with Crippen molar-refractivity contribution in [1.29, 1.82) is 5.26 Å². The Balaban J connectivity index is 2.14. The highest BCUT2D eigenvalue weighted by Gasteiger charge is 2.35. The van der Waals surface area contributed by atoms with Gasteiger partial charge in [-0.2, -0.15) is 5.26 Å². The van der Waals surface area contributed by atoms with Gasteiger partial charge in [-0.15, -0.1) is 0 Å². The molecule has 2 atom stereocenters. The molecule has 0 amide bonds. The molecule has 1 fully saturated rings. The number of halogens is 1. The summed E-state index contributed by atoms with van der Waals surface area (Å²) in [5.74, 6) is 0. The zero-order valence-electron chi connectivity index (χ0n) is 9.74. The van der Waals surface area contributed by atoms with Crippen LogP contribution in [0.2, 0.25) is 5.02 Å². The van der Waals surface area contributed by atoms with Gasteiger partial charge >= 0.3 is 0 Å². The second-order valence-corrected chi connectivity index (χ2v) is 4.90. The van der Waals surface area contributed by atoms with Crippen molar-refractivity contribution in [2.24, 2.45) is 0 Å². The fourth-order valence-electron chi connectivity index (χ4n) is 2.14. The van der Waals surface area contributed by atoms with Crippen LogP contribution >= 0.6 is 11.6 Å². The molecule has 1 saturated heterocycles. The van der Waals surface area contributed by atoms with Crippen LogP contribution in [0, 0.1) is 11.3 Å². The van der Waals surface area contributed by atoms with Crippen molar-refractivity contribution in [2.45, 2.75) is 31.4 Å². The number of hydrogen-bond donors (Lipinski definition) is 1. The number of nitriles is 1. The summed E-state index contributed by atoms with van der Waals surface area (Å²) in [6.07, 6.45) is 1.52. The van der Waals surface area contributed by atoms with Crippen molar-refractivity contribution in [1.82, 2.24) is 0 Å². The van der Waals surface area contributed by atoms with E-state index in [-0.39, 0.29) is 6.10 Å². The highest BCUT2D eigenvalue weighted by Crippen LogP contribution is 2.28. The van der Waals surface area contributed by atoms with E-state index in [1.807, 2.05) is 31.2 Å². The lowest BCUT2D eigenvalue weighted by Gasteiger charge is -2.35. The number of anilines is 1. The highest BCUT2D eigenvalue weighted by molar-refractivity contribution is 6.30. The topological polar surface area (TPSA) is 45.0 Å². The molecule has 2 unspecified atom stereocenters. The summed E-state index contributed by atoms with van der Waals surface area (Å²) >= 11 is 5.83. The van der Waals surface area contributed by atoms with E-state index in [4.69, 9.17) is 16.3 Å².